The Hall–Kier alpha value is -0.800. The minimum atomic E-state index is 0.248. The molecule has 0 fully saturated rings. The predicted octanol–water partition coefficient (Wildman–Crippen LogP) is 2.86. The zero-order valence-electron chi connectivity index (χ0n) is 7.76. The highest BCUT2D eigenvalue weighted by atomic mass is 79.9. The van der Waals surface area contributed by atoms with Gasteiger partial charge in [0.25, 0.3) is 0 Å². The summed E-state index contributed by atoms with van der Waals surface area (Å²) in [7, 11) is 0. The first-order chi connectivity index (χ1) is 6.83. The molecule has 2 N–H and O–H groups in total. The molecular weight excluding hydrogens is 242 g/mol. The molecule has 74 valence electrons. The van der Waals surface area contributed by atoms with Gasteiger partial charge in [-0.2, -0.15) is 0 Å². The lowest BCUT2D eigenvalue weighted by atomic mass is 10.1. The van der Waals surface area contributed by atoms with Crippen molar-refractivity contribution in [1.29, 1.82) is 0 Å². The van der Waals surface area contributed by atoms with Crippen LogP contribution in [0.4, 0.5) is 0 Å². The van der Waals surface area contributed by atoms with Crippen molar-refractivity contribution in [2.75, 3.05) is 6.61 Å². The summed E-state index contributed by atoms with van der Waals surface area (Å²) >= 11 is 3.49. The maximum Gasteiger partial charge on any atom is 0.0498 e. The van der Waals surface area contributed by atoms with Gasteiger partial charge in [0.1, 0.15) is 0 Å². The van der Waals surface area contributed by atoms with E-state index in [4.69, 9.17) is 5.11 Å². The molecule has 1 heterocycles. The summed E-state index contributed by atoms with van der Waals surface area (Å²) in [4.78, 5) is 3.24. The van der Waals surface area contributed by atoms with E-state index in [9.17, 15) is 0 Å². The van der Waals surface area contributed by atoms with E-state index >= 15 is 0 Å². The van der Waals surface area contributed by atoms with Crippen LogP contribution in [-0.4, -0.2) is 16.7 Å². The highest BCUT2D eigenvalue weighted by molar-refractivity contribution is 9.10. The number of hydrogen-bond acceptors (Lipinski definition) is 1. The summed E-state index contributed by atoms with van der Waals surface area (Å²) in [5.74, 6) is 0. The molecule has 1 aromatic heterocycles. The average Bonchev–Trinajstić information content (AvgIpc) is 2.58. The van der Waals surface area contributed by atoms with E-state index in [0.717, 1.165) is 17.3 Å². The average molecular weight is 254 g/mol. The highest BCUT2D eigenvalue weighted by Gasteiger charge is 2.04. The fraction of sp³-hybridized carbons (Fsp3) is 0.273. The molecule has 0 saturated carbocycles. The highest BCUT2D eigenvalue weighted by Crippen LogP contribution is 2.26. The maximum atomic E-state index is 8.79. The smallest absolute Gasteiger partial charge is 0.0498 e. The molecule has 2 rings (SSSR count). The van der Waals surface area contributed by atoms with E-state index in [1.165, 1.54) is 16.5 Å². The third-order valence-electron chi connectivity index (χ3n) is 2.36. The van der Waals surface area contributed by atoms with Gasteiger partial charge < -0.3 is 10.1 Å². The fourth-order valence-corrected chi connectivity index (χ4v) is 2.11. The first-order valence-electron chi connectivity index (χ1n) is 4.68. The van der Waals surface area contributed by atoms with E-state index in [1.807, 2.05) is 12.3 Å². The molecule has 0 radical (unpaired) electrons. The van der Waals surface area contributed by atoms with Crippen molar-refractivity contribution in [3.05, 3.63) is 34.4 Å². The summed E-state index contributed by atoms with van der Waals surface area (Å²) < 4.78 is 1.10. The number of aliphatic hydroxyl groups is 1. The third kappa shape index (κ3) is 1.70. The van der Waals surface area contributed by atoms with Crippen LogP contribution < -0.4 is 0 Å². The number of hydrogen-bond donors (Lipinski definition) is 2. The number of aryl methyl sites for hydroxylation is 1. The Morgan fingerprint density at radius 2 is 2.21 bits per heavy atom. The minimum absolute atomic E-state index is 0.248. The Kier molecular flexibility index (Phi) is 2.89. The molecule has 0 aliphatic rings. The third-order valence-corrected chi connectivity index (χ3v) is 3.01. The Bertz CT molecular complexity index is 436. The largest absolute Gasteiger partial charge is 0.396 e. The van der Waals surface area contributed by atoms with Gasteiger partial charge in [0.2, 0.25) is 0 Å². The Labute approximate surface area is 91.1 Å². The van der Waals surface area contributed by atoms with Crippen LogP contribution >= 0.6 is 15.9 Å². The van der Waals surface area contributed by atoms with Gasteiger partial charge in [-0.15, -0.1) is 0 Å². The summed E-state index contributed by atoms with van der Waals surface area (Å²) in [6.07, 6.45) is 3.68. The Morgan fingerprint density at radius 3 is 3.00 bits per heavy atom. The quantitative estimate of drug-likeness (QED) is 0.868. The van der Waals surface area contributed by atoms with Crippen molar-refractivity contribution in [2.24, 2.45) is 0 Å². The molecule has 14 heavy (non-hydrogen) atoms. The second-order valence-electron chi connectivity index (χ2n) is 3.30. The van der Waals surface area contributed by atoms with Gasteiger partial charge in [-0.05, 0) is 34.3 Å². The summed E-state index contributed by atoms with van der Waals surface area (Å²) in [6, 6.07) is 6.23. The van der Waals surface area contributed by atoms with Crippen LogP contribution in [0.2, 0.25) is 0 Å². The lowest BCUT2D eigenvalue weighted by molar-refractivity contribution is 0.289. The van der Waals surface area contributed by atoms with E-state index in [2.05, 4.69) is 33.0 Å². The molecule has 0 aliphatic carbocycles. The van der Waals surface area contributed by atoms with Gasteiger partial charge in [-0.25, -0.2) is 0 Å². The topological polar surface area (TPSA) is 36.0 Å². The number of rotatable bonds is 3. The van der Waals surface area contributed by atoms with Gasteiger partial charge >= 0.3 is 0 Å². The van der Waals surface area contributed by atoms with Gasteiger partial charge in [0.05, 0.1) is 0 Å². The standard InChI is InChI=1S/C11H12BrNO/c12-10-7-13-11-8(4-2-6-14)3-1-5-9(10)11/h1,3,5,7,13-14H,2,4,6H2. The number of fused-ring (bicyclic) bond motifs is 1. The number of para-hydroxylation sites is 1. The number of halogens is 1. The second-order valence-corrected chi connectivity index (χ2v) is 4.16. The molecule has 2 aromatic rings. The van der Waals surface area contributed by atoms with Crippen molar-refractivity contribution < 1.29 is 5.11 Å². The summed E-state index contributed by atoms with van der Waals surface area (Å²) in [5, 5.41) is 9.99. The molecule has 0 saturated heterocycles. The molecule has 2 nitrogen and oxygen atoms in total. The molecule has 0 aliphatic heterocycles. The Balaban J connectivity index is 2.44. The summed E-state index contributed by atoms with van der Waals surface area (Å²) in [6.45, 7) is 0.248. The van der Waals surface area contributed by atoms with Gasteiger partial charge in [-0.1, -0.05) is 18.2 Å². The number of H-pyrrole nitrogens is 1. The fourth-order valence-electron chi connectivity index (χ4n) is 1.66. The van der Waals surface area contributed by atoms with Gasteiger partial charge in [0.15, 0.2) is 0 Å². The van der Waals surface area contributed by atoms with Gasteiger partial charge in [-0.3, -0.25) is 0 Å². The number of benzene rings is 1. The monoisotopic (exact) mass is 253 g/mol. The van der Waals surface area contributed by atoms with Crippen LogP contribution in [0.5, 0.6) is 0 Å². The molecule has 0 spiro atoms. The normalized spacial score (nSPS) is 11.0. The first kappa shape index (κ1) is 9.74. The lowest BCUT2D eigenvalue weighted by Gasteiger charge is -2.01. The molecule has 3 heteroatoms. The Morgan fingerprint density at radius 1 is 1.36 bits per heavy atom. The molecule has 0 amide bonds. The second kappa shape index (κ2) is 4.15. The van der Waals surface area contributed by atoms with Crippen LogP contribution in [0, 0.1) is 0 Å². The zero-order chi connectivity index (χ0) is 9.97. The summed E-state index contributed by atoms with van der Waals surface area (Å²) in [5.41, 5.74) is 2.44. The number of aromatic amines is 1. The van der Waals surface area contributed by atoms with E-state index in [0.29, 0.717) is 0 Å². The van der Waals surface area contributed by atoms with E-state index < -0.39 is 0 Å². The molecule has 1 aromatic carbocycles. The number of aromatic nitrogens is 1. The van der Waals surface area contributed by atoms with Gasteiger partial charge in [0, 0.05) is 28.2 Å². The molecule has 0 atom stereocenters. The first-order valence-corrected chi connectivity index (χ1v) is 5.47. The minimum Gasteiger partial charge on any atom is -0.396 e. The number of aliphatic hydroxyl groups excluding tert-OH is 1. The van der Waals surface area contributed by atoms with Crippen molar-refractivity contribution in [1.82, 2.24) is 4.98 Å². The van der Waals surface area contributed by atoms with Crippen molar-refractivity contribution in [2.45, 2.75) is 12.8 Å². The molecular formula is C11H12BrNO. The van der Waals surface area contributed by atoms with Crippen molar-refractivity contribution in [3.63, 3.8) is 0 Å². The predicted molar refractivity (Wildman–Crippen MR) is 61.4 cm³/mol. The SMILES string of the molecule is OCCCc1cccc2c(Br)c[nH]c12. The van der Waals surface area contributed by atoms with Crippen LogP contribution in [0.3, 0.4) is 0 Å². The van der Waals surface area contributed by atoms with E-state index in [-0.39, 0.29) is 6.61 Å². The maximum absolute atomic E-state index is 8.79. The molecule has 0 unspecified atom stereocenters. The van der Waals surface area contributed by atoms with Crippen molar-refractivity contribution in [3.8, 4) is 0 Å². The lowest BCUT2D eigenvalue weighted by Crippen LogP contribution is -1.90. The van der Waals surface area contributed by atoms with Crippen LogP contribution in [-0.2, 0) is 6.42 Å². The van der Waals surface area contributed by atoms with Crippen LogP contribution in [0.1, 0.15) is 12.0 Å². The van der Waals surface area contributed by atoms with Crippen molar-refractivity contribution >= 4 is 26.8 Å². The zero-order valence-corrected chi connectivity index (χ0v) is 9.34. The van der Waals surface area contributed by atoms with E-state index in [1.54, 1.807) is 0 Å². The molecule has 0 bridgehead atoms. The number of nitrogens with one attached hydrogen (secondary N) is 1. The van der Waals surface area contributed by atoms with Crippen LogP contribution in [0.25, 0.3) is 10.9 Å². The van der Waals surface area contributed by atoms with Crippen LogP contribution in [0.15, 0.2) is 28.9 Å².